The van der Waals surface area contributed by atoms with E-state index >= 15 is 0 Å². The second kappa shape index (κ2) is 4.93. The number of rotatable bonds is 4. The largest absolute Gasteiger partial charge is 0.387 e. The Kier molecular flexibility index (Phi) is 4.04. The average Bonchev–Trinajstić information content (AvgIpc) is 2.27. The molecule has 1 aromatic carbocycles. The predicted molar refractivity (Wildman–Crippen MR) is 60.3 cm³/mol. The molecule has 0 aliphatic rings. The lowest BCUT2D eigenvalue weighted by Gasteiger charge is -2.19. The van der Waals surface area contributed by atoms with Crippen LogP contribution in [0, 0.1) is 5.82 Å². The lowest BCUT2D eigenvalue weighted by atomic mass is 10.1. The van der Waals surface area contributed by atoms with Gasteiger partial charge in [0.2, 0.25) is 0 Å². The van der Waals surface area contributed by atoms with Gasteiger partial charge in [-0.1, -0.05) is 25.1 Å². The first-order chi connectivity index (χ1) is 7.40. The Morgan fingerprint density at radius 1 is 1.38 bits per heavy atom. The zero-order valence-electron chi connectivity index (χ0n) is 9.22. The highest BCUT2D eigenvalue weighted by Crippen LogP contribution is 2.24. The fourth-order valence-electron chi connectivity index (χ4n) is 1.43. The predicted octanol–water partition coefficient (Wildman–Crippen LogP) is 1.68. The Labute approximate surface area is 94.8 Å². The van der Waals surface area contributed by atoms with Gasteiger partial charge in [0.25, 0.3) is 0 Å². The van der Waals surface area contributed by atoms with E-state index in [9.17, 15) is 17.9 Å². The summed E-state index contributed by atoms with van der Waals surface area (Å²) >= 11 is 0. The Morgan fingerprint density at radius 2 is 1.94 bits per heavy atom. The van der Waals surface area contributed by atoms with E-state index in [1.807, 2.05) is 0 Å². The highest BCUT2D eigenvalue weighted by Gasteiger charge is 2.29. The minimum atomic E-state index is -3.38. The molecule has 1 rings (SSSR count). The van der Waals surface area contributed by atoms with Crippen molar-refractivity contribution in [3.63, 3.8) is 0 Å². The second-order valence-electron chi connectivity index (χ2n) is 3.62. The molecule has 0 aromatic heterocycles. The highest BCUT2D eigenvalue weighted by atomic mass is 32.2. The van der Waals surface area contributed by atoms with Gasteiger partial charge in [0.1, 0.15) is 5.82 Å². The number of hydrogen-bond acceptors (Lipinski definition) is 3. The standard InChI is InChI=1S/C11H15FO3S/c1-3-16(14,15)8(2)11(13)9-6-4-5-7-10(9)12/h4-8,11,13H,3H2,1-2H3/t8-,11+/m1/s1. The van der Waals surface area contributed by atoms with Crippen LogP contribution in [0.4, 0.5) is 4.39 Å². The third kappa shape index (κ3) is 2.59. The maximum atomic E-state index is 13.3. The Morgan fingerprint density at radius 3 is 2.44 bits per heavy atom. The van der Waals surface area contributed by atoms with Gasteiger partial charge in [-0.2, -0.15) is 0 Å². The maximum absolute atomic E-state index is 13.3. The molecule has 5 heteroatoms. The fraction of sp³-hybridized carbons (Fsp3) is 0.455. The summed E-state index contributed by atoms with van der Waals surface area (Å²) in [6.45, 7) is 2.88. The molecule has 2 atom stereocenters. The van der Waals surface area contributed by atoms with E-state index in [0.29, 0.717) is 0 Å². The van der Waals surface area contributed by atoms with Crippen LogP contribution in [0.3, 0.4) is 0 Å². The van der Waals surface area contributed by atoms with Gasteiger partial charge < -0.3 is 5.11 Å². The molecule has 90 valence electrons. The normalized spacial score (nSPS) is 15.8. The molecule has 0 unspecified atom stereocenters. The maximum Gasteiger partial charge on any atom is 0.155 e. The summed E-state index contributed by atoms with van der Waals surface area (Å²) in [5.74, 6) is -0.659. The third-order valence-corrected chi connectivity index (χ3v) is 4.83. The number of aliphatic hydroxyl groups is 1. The number of benzene rings is 1. The lowest BCUT2D eigenvalue weighted by Crippen LogP contribution is -2.27. The van der Waals surface area contributed by atoms with Crippen LogP contribution in [0.5, 0.6) is 0 Å². The number of halogens is 1. The molecule has 3 nitrogen and oxygen atoms in total. The third-order valence-electron chi connectivity index (χ3n) is 2.64. The molecule has 1 N–H and O–H groups in total. The van der Waals surface area contributed by atoms with Gasteiger partial charge in [0, 0.05) is 11.3 Å². The van der Waals surface area contributed by atoms with Crippen LogP contribution in [-0.4, -0.2) is 24.5 Å². The van der Waals surface area contributed by atoms with E-state index in [1.54, 1.807) is 6.07 Å². The minimum absolute atomic E-state index is 0.0204. The molecule has 0 saturated heterocycles. The first-order valence-electron chi connectivity index (χ1n) is 5.04. The highest BCUT2D eigenvalue weighted by molar-refractivity contribution is 7.92. The summed E-state index contributed by atoms with van der Waals surface area (Å²) in [6, 6.07) is 5.64. The summed E-state index contributed by atoms with van der Waals surface area (Å²) in [5.41, 5.74) is 0.0204. The van der Waals surface area contributed by atoms with Gasteiger partial charge in [-0.3, -0.25) is 0 Å². The zero-order chi connectivity index (χ0) is 12.3. The summed E-state index contributed by atoms with van der Waals surface area (Å²) in [7, 11) is -3.38. The lowest BCUT2D eigenvalue weighted by molar-refractivity contribution is 0.171. The van der Waals surface area contributed by atoms with Gasteiger partial charge >= 0.3 is 0 Å². The van der Waals surface area contributed by atoms with Crippen LogP contribution in [0.2, 0.25) is 0 Å². The molecule has 0 bridgehead atoms. The van der Waals surface area contributed by atoms with Gasteiger partial charge in [0.15, 0.2) is 9.84 Å². The van der Waals surface area contributed by atoms with Crippen molar-refractivity contribution < 1.29 is 17.9 Å². The molecule has 0 aliphatic carbocycles. The van der Waals surface area contributed by atoms with Crippen molar-refractivity contribution in [3.05, 3.63) is 35.6 Å². The molecule has 0 fully saturated rings. The summed E-state index contributed by atoms with van der Waals surface area (Å²) < 4.78 is 36.4. The quantitative estimate of drug-likeness (QED) is 0.879. The molecular formula is C11H15FO3S. The molecule has 0 radical (unpaired) electrons. The molecule has 1 aromatic rings. The van der Waals surface area contributed by atoms with Crippen LogP contribution in [0.25, 0.3) is 0 Å². The van der Waals surface area contributed by atoms with Crippen LogP contribution >= 0.6 is 0 Å². The van der Waals surface area contributed by atoms with Gasteiger partial charge in [-0.15, -0.1) is 0 Å². The van der Waals surface area contributed by atoms with E-state index < -0.39 is 27.0 Å². The molecule has 0 spiro atoms. The first kappa shape index (κ1) is 13.1. The summed E-state index contributed by atoms with van der Waals surface area (Å²) in [6.07, 6.45) is -1.33. The van der Waals surface area contributed by atoms with Crippen molar-refractivity contribution >= 4 is 9.84 Å². The number of sulfone groups is 1. The summed E-state index contributed by atoms with van der Waals surface area (Å²) in [4.78, 5) is 0. The Balaban J connectivity index is 3.04. The molecule has 0 saturated carbocycles. The number of hydrogen-bond donors (Lipinski definition) is 1. The van der Waals surface area contributed by atoms with Crippen molar-refractivity contribution in [1.82, 2.24) is 0 Å². The SMILES string of the molecule is CCS(=O)(=O)[C@H](C)[C@H](O)c1ccccc1F. The van der Waals surface area contributed by atoms with Crippen LogP contribution < -0.4 is 0 Å². The van der Waals surface area contributed by atoms with E-state index in [4.69, 9.17) is 0 Å². The Hall–Kier alpha value is -0.940. The minimum Gasteiger partial charge on any atom is -0.387 e. The number of aliphatic hydroxyl groups excluding tert-OH is 1. The van der Waals surface area contributed by atoms with Gasteiger partial charge in [-0.05, 0) is 13.0 Å². The molecule has 0 heterocycles. The first-order valence-corrected chi connectivity index (χ1v) is 6.75. The van der Waals surface area contributed by atoms with Crippen LogP contribution in [0.15, 0.2) is 24.3 Å². The fourth-order valence-corrected chi connectivity index (χ4v) is 2.49. The van der Waals surface area contributed by atoms with Crippen molar-refractivity contribution in [1.29, 1.82) is 0 Å². The van der Waals surface area contributed by atoms with Crippen molar-refractivity contribution in [2.45, 2.75) is 25.2 Å². The van der Waals surface area contributed by atoms with Crippen LogP contribution in [0.1, 0.15) is 25.5 Å². The van der Waals surface area contributed by atoms with Gasteiger partial charge in [-0.25, -0.2) is 12.8 Å². The monoisotopic (exact) mass is 246 g/mol. The summed E-state index contributed by atoms with van der Waals surface area (Å²) in [5, 5.41) is 8.81. The van der Waals surface area contributed by atoms with E-state index in [2.05, 4.69) is 0 Å². The zero-order valence-corrected chi connectivity index (χ0v) is 10.0. The molecule has 0 amide bonds. The smallest absolute Gasteiger partial charge is 0.155 e. The van der Waals surface area contributed by atoms with E-state index in [0.717, 1.165) is 0 Å². The topological polar surface area (TPSA) is 54.4 Å². The Bertz CT molecular complexity index is 456. The van der Waals surface area contributed by atoms with Crippen LogP contribution in [-0.2, 0) is 9.84 Å². The molecule has 16 heavy (non-hydrogen) atoms. The molecular weight excluding hydrogens is 231 g/mol. The average molecular weight is 246 g/mol. The van der Waals surface area contributed by atoms with Crippen molar-refractivity contribution in [3.8, 4) is 0 Å². The van der Waals surface area contributed by atoms with E-state index in [1.165, 1.54) is 32.0 Å². The van der Waals surface area contributed by atoms with Gasteiger partial charge in [0.05, 0.1) is 11.4 Å². The second-order valence-corrected chi connectivity index (χ2v) is 6.27. The van der Waals surface area contributed by atoms with Crippen molar-refractivity contribution in [2.75, 3.05) is 5.75 Å². The van der Waals surface area contributed by atoms with E-state index in [-0.39, 0.29) is 11.3 Å². The molecule has 0 aliphatic heterocycles. The van der Waals surface area contributed by atoms with Crippen molar-refractivity contribution in [2.24, 2.45) is 0 Å².